The Morgan fingerprint density at radius 2 is 1.70 bits per heavy atom. The maximum Gasteiger partial charge on any atom is 0.269 e. The van der Waals surface area contributed by atoms with E-state index in [1.165, 1.54) is 0 Å². The van der Waals surface area contributed by atoms with Gasteiger partial charge in [0.1, 0.15) is 5.75 Å². The largest absolute Gasteiger partial charge is 0.482 e. The molecule has 2 heterocycles. The van der Waals surface area contributed by atoms with Gasteiger partial charge in [0.25, 0.3) is 5.91 Å². The maximum atomic E-state index is 15.7. The summed E-state index contributed by atoms with van der Waals surface area (Å²) in [6.07, 6.45) is 0.872. The number of para-hydroxylation sites is 2. The summed E-state index contributed by atoms with van der Waals surface area (Å²) in [5.74, 6) is 0.408. The van der Waals surface area contributed by atoms with Gasteiger partial charge in [-0.3, -0.25) is 14.5 Å². The third kappa shape index (κ3) is 7.17. The molecule has 1 fully saturated rings. The molecule has 4 atom stereocenters. The molecule has 7 nitrogen and oxygen atoms in total. The number of aryl methyl sites for hydroxylation is 1. The molecule has 0 unspecified atom stereocenters. The van der Waals surface area contributed by atoms with Crippen molar-refractivity contribution in [1.82, 2.24) is 4.90 Å². The van der Waals surface area contributed by atoms with E-state index in [1.807, 2.05) is 85.8 Å². The second-order valence-corrected chi connectivity index (χ2v) is 15.9. The Bertz CT molecular complexity index is 1400. The molecule has 1 saturated heterocycles. The van der Waals surface area contributed by atoms with Crippen LogP contribution in [0, 0.1) is 5.92 Å². The molecule has 0 radical (unpaired) electrons. The fraction of sp³-hybridized carbons (Fsp3) is 0.412. The van der Waals surface area contributed by atoms with Gasteiger partial charge in [-0.15, -0.1) is 0 Å². The number of hydrogen-bond acceptors (Lipinski definition) is 5. The van der Waals surface area contributed by atoms with Crippen molar-refractivity contribution in [3.63, 3.8) is 0 Å². The molecule has 3 aromatic carbocycles. The summed E-state index contributed by atoms with van der Waals surface area (Å²) < 4.78 is 27.7. The number of aliphatic hydroxyl groups is 1. The summed E-state index contributed by atoms with van der Waals surface area (Å²) in [5, 5.41) is 9.61. The van der Waals surface area contributed by atoms with Crippen molar-refractivity contribution >= 4 is 31.6 Å². The zero-order chi connectivity index (χ0) is 30.6. The molecule has 0 bridgehead atoms. The molecule has 228 valence electrons. The predicted molar refractivity (Wildman–Crippen MR) is 168 cm³/mol. The summed E-state index contributed by atoms with van der Waals surface area (Å²) in [6.45, 7) is 5.93. The van der Waals surface area contributed by atoms with Crippen molar-refractivity contribution in [2.75, 3.05) is 24.7 Å². The Hall–Kier alpha value is -3.53. The van der Waals surface area contributed by atoms with Gasteiger partial charge in [-0.05, 0) is 67.2 Å². The molecule has 0 saturated carbocycles. The predicted octanol–water partition coefficient (Wildman–Crippen LogP) is 6.04. The number of amides is 2. The molecule has 2 aliphatic rings. The second-order valence-electron chi connectivity index (χ2n) is 12.1. The lowest BCUT2D eigenvalue weighted by atomic mass is 9.95. The summed E-state index contributed by atoms with van der Waals surface area (Å²) in [6, 6.07) is 25.1. The molecule has 0 aliphatic carbocycles. The van der Waals surface area contributed by atoms with Crippen LogP contribution in [-0.4, -0.2) is 62.2 Å². The molecule has 0 spiro atoms. The Kier molecular flexibility index (Phi) is 9.64. The van der Waals surface area contributed by atoms with Gasteiger partial charge in [-0.2, -0.15) is 0 Å². The fourth-order valence-corrected chi connectivity index (χ4v) is 9.15. The van der Waals surface area contributed by atoms with E-state index in [4.69, 9.17) is 9.47 Å². The van der Waals surface area contributed by atoms with Crippen LogP contribution in [0.1, 0.15) is 30.9 Å². The van der Waals surface area contributed by atoms with Crippen molar-refractivity contribution in [1.29, 1.82) is 0 Å². The second kappa shape index (κ2) is 13.4. The van der Waals surface area contributed by atoms with E-state index in [0.29, 0.717) is 18.7 Å². The number of rotatable bonds is 11. The smallest absolute Gasteiger partial charge is 0.269 e. The number of aliphatic hydroxyl groups excluding tert-OH is 1. The highest BCUT2D eigenvalue weighted by Crippen LogP contribution is 2.47. The summed E-state index contributed by atoms with van der Waals surface area (Å²) in [7, 11) is -3.15. The van der Waals surface area contributed by atoms with Gasteiger partial charge in [0.15, 0.2) is 6.61 Å². The molecule has 9 heteroatoms. The Labute approximate surface area is 254 Å². The van der Waals surface area contributed by atoms with Crippen LogP contribution >= 0.6 is 0 Å². The van der Waals surface area contributed by atoms with Crippen molar-refractivity contribution in [3.05, 3.63) is 90.0 Å². The van der Waals surface area contributed by atoms with E-state index < -0.39 is 14.5 Å². The number of anilines is 2. The van der Waals surface area contributed by atoms with Gasteiger partial charge in [-0.1, -0.05) is 61.5 Å². The van der Waals surface area contributed by atoms with E-state index in [2.05, 4.69) is 0 Å². The summed E-state index contributed by atoms with van der Waals surface area (Å²) >= 11 is 0. The molecule has 43 heavy (non-hydrogen) atoms. The SMILES string of the molecule is C[C@H]1[C@H]([Si](C)(C)F)[C@@H](CC(=O)N(CCO)Cc2ccccc2)O[C@H]1CCc1ccc(N2C(=O)COc3ccccc32)cc1. The fourth-order valence-electron chi connectivity index (χ4n) is 6.60. The first-order valence-electron chi connectivity index (χ1n) is 15.1. The van der Waals surface area contributed by atoms with Gasteiger partial charge < -0.3 is 23.6 Å². The topological polar surface area (TPSA) is 79.3 Å². The quantitative estimate of drug-likeness (QED) is 0.213. The lowest BCUT2D eigenvalue weighted by Crippen LogP contribution is -2.40. The average molecular weight is 605 g/mol. The molecule has 2 aliphatic heterocycles. The van der Waals surface area contributed by atoms with E-state index in [1.54, 1.807) is 22.9 Å². The molecule has 0 aromatic heterocycles. The number of halogens is 1. The highest BCUT2D eigenvalue weighted by molar-refractivity contribution is 6.72. The standard InChI is InChI=1S/C34H41FN2O5Si/c1-24-29(18-15-25-13-16-27(17-14-25)37-28-11-7-8-12-30(28)41-23-33(37)40)42-31(34(24)43(2,3)35)21-32(39)36(19-20-38)22-26-9-5-4-6-10-26/h4-14,16-17,24,29,31,34,38H,15,18-23H2,1-3H3/t24-,29+,31-,34+/m1/s1. The van der Waals surface area contributed by atoms with Crippen molar-refractivity contribution in [3.8, 4) is 5.75 Å². The summed E-state index contributed by atoms with van der Waals surface area (Å²) in [4.78, 5) is 29.4. The van der Waals surface area contributed by atoms with Gasteiger partial charge >= 0.3 is 0 Å². The zero-order valence-electron chi connectivity index (χ0n) is 25.1. The Balaban J connectivity index is 1.24. The number of carbonyl (C=O) groups excluding carboxylic acids is 2. The molecule has 1 N–H and O–H groups in total. The Morgan fingerprint density at radius 1 is 1.00 bits per heavy atom. The van der Waals surface area contributed by atoms with E-state index in [-0.39, 0.29) is 55.6 Å². The number of nitrogens with zero attached hydrogens (tertiary/aromatic N) is 2. The van der Waals surface area contributed by atoms with Crippen LogP contribution in [0.3, 0.4) is 0 Å². The van der Waals surface area contributed by atoms with Crippen LogP contribution in [0.5, 0.6) is 5.75 Å². The minimum Gasteiger partial charge on any atom is -0.482 e. The van der Waals surface area contributed by atoms with Crippen LogP contribution < -0.4 is 9.64 Å². The molecule has 3 aromatic rings. The number of ether oxygens (including phenoxy) is 2. The van der Waals surface area contributed by atoms with E-state index >= 15 is 4.11 Å². The normalized spacial score (nSPS) is 21.8. The molecular formula is C34H41FN2O5Si. The highest BCUT2D eigenvalue weighted by atomic mass is 28.4. The van der Waals surface area contributed by atoms with Crippen LogP contribution in [-0.2, 0) is 27.3 Å². The third-order valence-corrected chi connectivity index (χ3v) is 11.1. The molecule has 2 amide bonds. The number of benzene rings is 3. The minimum absolute atomic E-state index is 0.00123. The summed E-state index contributed by atoms with van der Waals surface area (Å²) in [5.41, 5.74) is 3.28. The van der Waals surface area contributed by atoms with Crippen LogP contribution in [0.2, 0.25) is 18.6 Å². The van der Waals surface area contributed by atoms with E-state index in [9.17, 15) is 14.7 Å². The van der Waals surface area contributed by atoms with Crippen molar-refractivity contribution in [2.45, 2.75) is 63.6 Å². The van der Waals surface area contributed by atoms with Gasteiger partial charge in [0, 0.05) is 24.3 Å². The minimum atomic E-state index is -3.15. The average Bonchev–Trinajstić information content (AvgIpc) is 3.31. The van der Waals surface area contributed by atoms with Gasteiger partial charge in [0.2, 0.25) is 14.3 Å². The van der Waals surface area contributed by atoms with Crippen LogP contribution in [0.25, 0.3) is 0 Å². The van der Waals surface area contributed by atoms with Gasteiger partial charge in [-0.25, -0.2) is 0 Å². The van der Waals surface area contributed by atoms with Gasteiger partial charge in [0.05, 0.1) is 30.9 Å². The first kappa shape index (κ1) is 30.9. The van der Waals surface area contributed by atoms with Crippen LogP contribution in [0.15, 0.2) is 78.9 Å². The number of carbonyl (C=O) groups is 2. The first-order valence-corrected chi connectivity index (χ1v) is 18.0. The van der Waals surface area contributed by atoms with E-state index in [0.717, 1.165) is 28.9 Å². The monoisotopic (exact) mass is 604 g/mol. The lowest BCUT2D eigenvalue weighted by molar-refractivity contribution is -0.135. The number of fused-ring (bicyclic) bond motifs is 1. The zero-order valence-corrected chi connectivity index (χ0v) is 26.1. The first-order chi connectivity index (χ1) is 20.7. The lowest BCUT2D eigenvalue weighted by Gasteiger charge is -2.30. The molecule has 5 rings (SSSR count). The highest BCUT2D eigenvalue weighted by Gasteiger charge is 2.51. The maximum absolute atomic E-state index is 15.7. The number of hydrogen-bond donors (Lipinski definition) is 1. The third-order valence-electron chi connectivity index (χ3n) is 8.63. The van der Waals surface area contributed by atoms with Crippen molar-refractivity contribution in [2.24, 2.45) is 5.92 Å². The Morgan fingerprint density at radius 3 is 2.40 bits per heavy atom. The molecular weight excluding hydrogens is 563 g/mol. The van der Waals surface area contributed by atoms with Crippen molar-refractivity contribution < 1.29 is 28.3 Å². The van der Waals surface area contributed by atoms with Crippen LogP contribution in [0.4, 0.5) is 15.5 Å².